The van der Waals surface area contributed by atoms with Crippen LogP contribution in [0.2, 0.25) is 0 Å². The molecule has 5 nitrogen and oxygen atoms in total. The summed E-state index contributed by atoms with van der Waals surface area (Å²) in [6.07, 6.45) is 109. The molecule has 0 aromatic rings. The second kappa shape index (κ2) is 73.3. The molecule has 1 atom stereocenters. The van der Waals surface area contributed by atoms with E-state index in [2.05, 4.69) is 148 Å². The molecule has 0 aliphatic carbocycles. The molecule has 0 saturated heterocycles. The van der Waals surface area contributed by atoms with Gasteiger partial charge in [0.1, 0.15) is 6.61 Å². The number of hydrogen-bond donors (Lipinski definition) is 1. The molecule has 0 amide bonds. The summed E-state index contributed by atoms with van der Waals surface area (Å²) < 4.78 is 10.7. The van der Waals surface area contributed by atoms with Crippen LogP contribution in [0.4, 0.5) is 0 Å². The highest BCUT2D eigenvalue weighted by Gasteiger charge is 2.16. The maximum absolute atomic E-state index is 12.4. The van der Waals surface area contributed by atoms with E-state index in [0.29, 0.717) is 12.8 Å². The van der Waals surface area contributed by atoms with Gasteiger partial charge in [-0.15, -0.1) is 0 Å². The number of ether oxygens (including phenoxy) is 2. The van der Waals surface area contributed by atoms with Gasteiger partial charge in [0, 0.05) is 12.8 Å². The van der Waals surface area contributed by atoms with Crippen LogP contribution in [0.25, 0.3) is 0 Å². The molecule has 0 rings (SSSR count). The number of unbranched alkanes of at least 4 members (excludes halogenated alkanes) is 35. The van der Waals surface area contributed by atoms with Crippen LogP contribution in [0.5, 0.6) is 0 Å². The van der Waals surface area contributed by atoms with Gasteiger partial charge >= 0.3 is 11.9 Å². The lowest BCUT2D eigenvalue weighted by molar-refractivity contribution is -0.161. The Bertz CT molecular complexity index is 1700. The molecule has 5 heteroatoms. The topological polar surface area (TPSA) is 72.8 Å². The summed E-state index contributed by atoms with van der Waals surface area (Å²) in [4.78, 5) is 24.7. The van der Waals surface area contributed by atoms with Crippen LogP contribution < -0.4 is 0 Å². The minimum atomic E-state index is -0.792. The van der Waals surface area contributed by atoms with Crippen LogP contribution in [0.1, 0.15) is 335 Å². The first-order valence-corrected chi connectivity index (χ1v) is 35.7. The SMILES string of the molecule is CC/C=C\C/C=C\C/C=C\C/C=C\C/C=C\C/C=C\C/C=C\C/C=C\C/C=C\C/C=C\C/C=C\CCCCCCCC(=O)OC(CO)COC(=O)CCCCCCCCCCCCCCCCCCCCCCCCCCCCCCCCC. The highest BCUT2D eigenvalue weighted by Crippen LogP contribution is 2.18. The molecule has 0 spiro atoms. The average Bonchev–Trinajstić information content (AvgIpc) is 3.51. The van der Waals surface area contributed by atoms with Crippen molar-refractivity contribution in [3.05, 3.63) is 134 Å². The molecular formula is C79H134O5. The summed E-state index contributed by atoms with van der Waals surface area (Å²) in [5.41, 5.74) is 0. The van der Waals surface area contributed by atoms with Crippen molar-refractivity contribution in [3.63, 3.8) is 0 Å². The van der Waals surface area contributed by atoms with Crippen molar-refractivity contribution in [3.8, 4) is 0 Å². The zero-order chi connectivity index (χ0) is 60.5. The lowest BCUT2D eigenvalue weighted by Crippen LogP contribution is -2.28. The molecule has 0 heterocycles. The van der Waals surface area contributed by atoms with E-state index >= 15 is 0 Å². The molecule has 0 fully saturated rings. The molecule has 0 aliphatic rings. The minimum Gasteiger partial charge on any atom is -0.462 e. The van der Waals surface area contributed by atoms with E-state index in [1.54, 1.807) is 0 Å². The fourth-order valence-electron chi connectivity index (χ4n) is 10.2. The molecule has 0 bridgehead atoms. The van der Waals surface area contributed by atoms with Gasteiger partial charge in [0.25, 0.3) is 0 Å². The molecule has 0 radical (unpaired) electrons. The maximum Gasteiger partial charge on any atom is 0.306 e. The lowest BCUT2D eigenvalue weighted by Gasteiger charge is -2.15. The summed E-state index contributed by atoms with van der Waals surface area (Å²) in [6.45, 7) is 4.04. The Morgan fingerprint density at radius 2 is 0.512 bits per heavy atom. The maximum atomic E-state index is 12.4. The van der Waals surface area contributed by atoms with E-state index < -0.39 is 6.10 Å². The molecule has 480 valence electrons. The van der Waals surface area contributed by atoms with Crippen LogP contribution >= 0.6 is 0 Å². The number of hydrogen-bond acceptors (Lipinski definition) is 5. The van der Waals surface area contributed by atoms with Crippen molar-refractivity contribution in [1.82, 2.24) is 0 Å². The molecular weight excluding hydrogens is 1030 g/mol. The first kappa shape index (κ1) is 80.0. The zero-order valence-corrected chi connectivity index (χ0v) is 55.1. The number of aliphatic hydroxyl groups excluding tert-OH is 1. The summed E-state index contributed by atoms with van der Waals surface area (Å²) in [7, 11) is 0. The van der Waals surface area contributed by atoms with Crippen LogP contribution in [-0.4, -0.2) is 36.4 Å². The Labute approximate surface area is 521 Å². The third-order valence-corrected chi connectivity index (χ3v) is 15.5. The van der Waals surface area contributed by atoms with Gasteiger partial charge in [0.15, 0.2) is 6.10 Å². The Hall–Kier alpha value is -3.96. The molecule has 1 N–H and O–H groups in total. The molecule has 0 aromatic carbocycles. The Balaban J connectivity index is 3.55. The molecule has 1 unspecified atom stereocenters. The second-order valence-electron chi connectivity index (χ2n) is 23.6. The van der Waals surface area contributed by atoms with Crippen molar-refractivity contribution in [2.24, 2.45) is 0 Å². The monoisotopic (exact) mass is 1160 g/mol. The van der Waals surface area contributed by atoms with Crippen LogP contribution in [0, 0.1) is 0 Å². The van der Waals surface area contributed by atoms with Gasteiger partial charge in [-0.3, -0.25) is 9.59 Å². The molecule has 84 heavy (non-hydrogen) atoms. The fourth-order valence-corrected chi connectivity index (χ4v) is 10.2. The molecule has 0 aromatic heterocycles. The number of carbonyl (C=O) groups excluding carboxylic acids is 2. The van der Waals surface area contributed by atoms with E-state index in [9.17, 15) is 14.7 Å². The highest BCUT2D eigenvalue weighted by atomic mass is 16.6. The van der Waals surface area contributed by atoms with E-state index in [1.807, 2.05) is 0 Å². The first-order chi connectivity index (χ1) is 41.6. The van der Waals surface area contributed by atoms with Crippen molar-refractivity contribution in [2.75, 3.05) is 13.2 Å². The third-order valence-electron chi connectivity index (χ3n) is 15.5. The largest absolute Gasteiger partial charge is 0.462 e. The Morgan fingerprint density at radius 3 is 0.774 bits per heavy atom. The zero-order valence-electron chi connectivity index (χ0n) is 55.1. The summed E-state index contributed by atoms with van der Waals surface area (Å²) >= 11 is 0. The standard InChI is InChI=1S/C79H134O5/c1-3-5-7-9-11-13-15-17-19-21-23-25-27-29-31-33-35-36-37-38-39-40-41-42-44-46-48-50-52-54-56-58-60-62-64-66-68-70-72-74-79(82)84-77(75-80)76-83-78(81)73-71-69-67-65-63-61-59-57-55-53-51-49-47-45-43-34-32-30-28-26-24-22-20-18-16-14-12-10-8-6-4-2/h5,7,11,13,17,19,23,25,29,31,35-36,38-39,41-42,46,48,52,54,58,60,77,80H,3-4,6,8-10,12,14-16,18,20-22,24,26-28,30,32-34,37,40,43-45,47,49-51,53,55-57,59,61-76H2,1-2H3/b7-5-,13-11-,19-17-,25-23-,31-29-,36-35-,39-38-,42-41-,48-46-,54-52-,60-58-. The van der Waals surface area contributed by atoms with E-state index in [4.69, 9.17) is 9.47 Å². The van der Waals surface area contributed by atoms with E-state index in [0.717, 1.165) is 128 Å². The normalized spacial score (nSPS) is 13.0. The highest BCUT2D eigenvalue weighted by molar-refractivity contribution is 5.70. The number of allylic oxidation sites excluding steroid dienone is 22. The first-order valence-electron chi connectivity index (χ1n) is 35.7. The van der Waals surface area contributed by atoms with Crippen LogP contribution in [0.15, 0.2) is 134 Å². The number of carbonyl (C=O) groups is 2. The minimum absolute atomic E-state index is 0.0777. The lowest BCUT2D eigenvalue weighted by atomic mass is 10.0. The van der Waals surface area contributed by atoms with Crippen molar-refractivity contribution < 1.29 is 24.2 Å². The smallest absolute Gasteiger partial charge is 0.306 e. The van der Waals surface area contributed by atoms with Crippen LogP contribution in [-0.2, 0) is 19.1 Å². The van der Waals surface area contributed by atoms with E-state index in [1.165, 1.54) is 180 Å². The fraction of sp³-hybridized carbons (Fsp3) is 0.696. The van der Waals surface area contributed by atoms with Gasteiger partial charge in [-0.05, 0) is 96.3 Å². The van der Waals surface area contributed by atoms with Crippen molar-refractivity contribution in [1.29, 1.82) is 0 Å². The number of aliphatic hydroxyl groups is 1. The average molecular weight is 1160 g/mol. The molecule has 0 saturated carbocycles. The summed E-state index contributed by atoms with van der Waals surface area (Å²) in [6, 6.07) is 0. The van der Waals surface area contributed by atoms with Crippen molar-refractivity contribution in [2.45, 2.75) is 341 Å². The third kappa shape index (κ3) is 70.5. The predicted octanol–water partition coefficient (Wildman–Crippen LogP) is 25.1. The Morgan fingerprint density at radius 1 is 0.286 bits per heavy atom. The van der Waals surface area contributed by atoms with Gasteiger partial charge < -0.3 is 14.6 Å². The Kier molecular flexibility index (Phi) is 69.8. The predicted molar refractivity (Wildman–Crippen MR) is 371 cm³/mol. The second-order valence-corrected chi connectivity index (χ2v) is 23.6. The van der Waals surface area contributed by atoms with Gasteiger partial charge in [-0.2, -0.15) is 0 Å². The summed E-state index contributed by atoms with van der Waals surface area (Å²) in [5, 5.41) is 9.70. The van der Waals surface area contributed by atoms with Crippen molar-refractivity contribution >= 4 is 11.9 Å². The van der Waals surface area contributed by atoms with Gasteiger partial charge in [-0.1, -0.05) is 359 Å². The van der Waals surface area contributed by atoms with Gasteiger partial charge in [0.05, 0.1) is 6.61 Å². The van der Waals surface area contributed by atoms with Gasteiger partial charge in [-0.25, -0.2) is 0 Å². The summed E-state index contributed by atoms with van der Waals surface area (Å²) in [5.74, 6) is -0.607. The van der Waals surface area contributed by atoms with Crippen LogP contribution in [0.3, 0.4) is 0 Å². The van der Waals surface area contributed by atoms with E-state index in [-0.39, 0.29) is 25.2 Å². The number of esters is 2. The number of rotatable bonds is 65. The molecule has 0 aliphatic heterocycles. The van der Waals surface area contributed by atoms with Gasteiger partial charge in [0.2, 0.25) is 0 Å². The quantitative estimate of drug-likeness (QED) is 0.0373.